The Morgan fingerprint density at radius 2 is 2.25 bits per heavy atom. The molecule has 6 N–H and O–H groups in total. The molecule has 0 aliphatic rings. The number of carbonyl (C=O) groups is 1. The van der Waals surface area contributed by atoms with Crippen molar-refractivity contribution in [2.24, 2.45) is 5.84 Å². The summed E-state index contributed by atoms with van der Waals surface area (Å²) in [4.78, 5) is 11.0. The van der Waals surface area contributed by atoms with Crippen molar-refractivity contribution in [1.29, 1.82) is 0 Å². The van der Waals surface area contributed by atoms with Gasteiger partial charge >= 0.3 is 0 Å². The van der Waals surface area contributed by atoms with Crippen molar-refractivity contribution in [2.75, 3.05) is 13.2 Å². The van der Waals surface area contributed by atoms with Gasteiger partial charge in [0, 0.05) is 6.54 Å². The molecule has 0 heterocycles. The summed E-state index contributed by atoms with van der Waals surface area (Å²) in [7, 11) is 0. The van der Waals surface area contributed by atoms with Gasteiger partial charge in [0.25, 0.3) is 0 Å². The Labute approximate surface area is 70.7 Å². The SMILES string of the molecule is C[C@@H](O)[C@H](NN)C(=O)NCCO. The zero-order chi connectivity index (χ0) is 9.56. The molecule has 0 aromatic carbocycles. The van der Waals surface area contributed by atoms with Gasteiger partial charge in [-0.15, -0.1) is 0 Å². The maximum atomic E-state index is 11.0. The highest BCUT2D eigenvalue weighted by molar-refractivity contribution is 5.82. The molecule has 2 atom stereocenters. The molecule has 0 aliphatic carbocycles. The van der Waals surface area contributed by atoms with E-state index in [1.54, 1.807) is 0 Å². The van der Waals surface area contributed by atoms with Crippen LogP contribution < -0.4 is 16.6 Å². The number of nitrogens with two attached hydrogens (primary N) is 1. The van der Waals surface area contributed by atoms with E-state index in [4.69, 9.17) is 16.1 Å². The lowest BCUT2D eigenvalue weighted by Crippen LogP contribution is -2.53. The van der Waals surface area contributed by atoms with Gasteiger partial charge in [0.1, 0.15) is 6.04 Å². The van der Waals surface area contributed by atoms with E-state index in [-0.39, 0.29) is 13.2 Å². The molecule has 0 bridgehead atoms. The number of hydrogen-bond acceptors (Lipinski definition) is 5. The van der Waals surface area contributed by atoms with Crippen molar-refractivity contribution < 1.29 is 15.0 Å². The third-order valence-corrected chi connectivity index (χ3v) is 1.36. The summed E-state index contributed by atoms with van der Waals surface area (Å²) in [5.41, 5.74) is 2.17. The molecule has 0 rings (SSSR count). The zero-order valence-electron chi connectivity index (χ0n) is 6.95. The van der Waals surface area contributed by atoms with Crippen LogP contribution in [0, 0.1) is 0 Å². The molecule has 6 heteroatoms. The Bertz CT molecular complexity index is 140. The molecule has 0 saturated heterocycles. The minimum absolute atomic E-state index is 0.136. The van der Waals surface area contributed by atoms with Crippen molar-refractivity contribution in [2.45, 2.75) is 19.1 Å². The Hall–Kier alpha value is -0.690. The summed E-state index contributed by atoms with van der Waals surface area (Å²) in [6, 6.07) is -0.837. The quantitative estimate of drug-likeness (QED) is 0.232. The Balaban J connectivity index is 3.86. The molecule has 6 nitrogen and oxygen atoms in total. The second-order valence-corrected chi connectivity index (χ2v) is 2.40. The number of nitrogens with one attached hydrogen (secondary N) is 2. The van der Waals surface area contributed by atoms with Crippen LogP contribution in [-0.2, 0) is 4.79 Å². The highest BCUT2D eigenvalue weighted by atomic mass is 16.3. The average Bonchev–Trinajstić information content (AvgIpc) is 2.01. The lowest BCUT2D eigenvalue weighted by molar-refractivity contribution is -0.125. The van der Waals surface area contributed by atoms with Gasteiger partial charge in [0.2, 0.25) is 5.91 Å². The van der Waals surface area contributed by atoms with Gasteiger partial charge < -0.3 is 15.5 Å². The summed E-state index contributed by atoms with van der Waals surface area (Å²) in [5, 5.41) is 19.8. The first-order valence-electron chi connectivity index (χ1n) is 3.66. The van der Waals surface area contributed by atoms with Crippen LogP contribution in [0.25, 0.3) is 0 Å². The third kappa shape index (κ3) is 3.63. The number of hydrogen-bond donors (Lipinski definition) is 5. The lowest BCUT2D eigenvalue weighted by Gasteiger charge is -2.17. The van der Waals surface area contributed by atoms with Gasteiger partial charge in [-0.2, -0.15) is 0 Å². The van der Waals surface area contributed by atoms with Crippen molar-refractivity contribution in [1.82, 2.24) is 10.7 Å². The minimum Gasteiger partial charge on any atom is -0.395 e. The van der Waals surface area contributed by atoms with Crippen LogP contribution in [0.2, 0.25) is 0 Å². The van der Waals surface area contributed by atoms with Crippen molar-refractivity contribution in [3.63, 3.8) is 0 Å². The largest absolute Gasteiger partial charge is 0.395 e. The second-order valence-electron chi connectivity index (χ2n) is 2.40. The normalized spacial score (nSPS) is 15.3. The standard InChI is InChI=1S/C6H15N3O3/c1-4(11)5(9-7)6(12)8-2-3-10/h4-5,9-11H,2-3,7H2,1H3,(H,8,12)/t4-,5+/m1/s1. The number of hydrazine groups is 1. The molecule has 0 spiro atoms. The molecular weight excluding hydrogens is 162 g/mol. The van der Waals surface area contributed by atoms with Crippen LogP contribution in [0.1, 0.15) is 6.92 Å². The summed E-state index contributed by atoms with van der Waals surface area (Å²) < 4.78 is 0. The van der Waals surface area contributed by atoms with Crippen molar-refractivity contribution in [3.8, 4) is 0 Å². The first kappa shape index (κ1) is 11.3. The van der Waals surface area contributed by atoms with E-state index in [0.717, 1.165) is 0 Å². The highest BCUT2D eigenvalue weighted by Gasteiger charge is 2.20. The Kier molecular flexibility index (Phi) is 5.56. The molecule has 0 aliphatic heterocycles. The predicted octanol–water partition coefficient (Wildman–Crippen LogP) is -2.69. The number of amides is 1. The van der Waals surface area contributed by atoms with Gasteiger partial charge in [-0.05, 0) is 6.92 Å². The van der Waals surface area contributed by atoms with E-state index in [1.165, 1.54) is 6.92 Å². The van der Waals surface area contributed by atoms with E-state index in [1.807, 2.05) is 0 Å². The summed E-state index contributed by atoms with van der Waals surface area (Å²) in [6.45, 7) is 1.47. The zero-order valence-corrected chi connectivity index (χ0v) is 6.95. The van der Waals surface area contributed by atoms with E-state index in [2.05, 4.69) is 10.7 Å². The van der Waals surface area contributed by atoms with Gasteiger partial charge in [0.05, 0.1) is 12.7 Å². The average molecular weight is 177 g/mol. The molecule has 0 fully saturated rings. The van der Waals surface area contributed by atoms with Gasteiger partial charge in [-0.1, -0.05) is 0 Å². The van der Waals surface area contributed by atoms with E-state index in [9.17, 15) is 4.79 Å². The van der Waals surface area contributed by atoms with Crippen LogP contribution in [0.4, 0.5) is 0 Å². The molecule has 72 valence electrons. The Morgan fingerprint density at radius 3 is 2.58 bits per heavy atom. The first-order valence-corrected chi connectivity index (χ1v) is 3.66. The van der Waals surface area contributed by atoms with Gasteiger partial charge in [-0.3, -0.25) is 10.6 Å². The number of aliphatic hydroxyl groups excluding tert-OH is 2. The lowest BCUT2D eigenvalue weighted by atomic mass is 10.2. The van der Waals surface area contributed by atoms with Gasteiger partial charge in [-0.25, -0.2) is 5.43 Å². The molecule has 0 aromatic rings. The maximum absolute atomic E-state index is 11.0. The molecule has 0 aromatic heterocycles. The molecule has 0 unspecified atom stereocenters. The van der Waals surface area contributed by atoms with Crippen LogP contribution in [0.15, 0.2) is 0 Å². The highest BCUT2D eigenvalue weighted by Crippen LogP contribution is 1.90. The molecule has 1 amide bonds. The molecule has 0 radical (unpaired) electrons. The Morgan fingerprint density at radius 1 is 1.67 bits per heavy atom. The fourth-order valence-corrected chi connectivity index (χ4v) is 0.723. The molecule has 0 saturated carbocycles. The van der Waals surface area contributed by atoms with Crippen LogP contribution in [0.3, 0.4) is 0 Å². The molecule has 12 heavy (non-hydrogen) atoms. The minimum atomic E-state index is -0.867. The summed E-state index contributed by atoms with van der Waals surface area (Å²) >= 11 is 0. The van der Waals surface area contributed by atoms with E-state index < -0.39 is 18.1 Å². The van der Waals surface area contributed by atoms with Crippen LogP contribution in [0.5, 0.6) is 0 Å². The second kappa shape index (κ2) is 5.90. The van der Waals surface area contributed by atoms with Crippen LogP contribution >= 0.6 is 0 Å². The number of carbonyl (C=O) groups excluding carboxylic acids is 1. The maximum Gasteiger partial charge on any atom is 0.241 e. The number of aliphatic hydroxyl groups is 2. The van der Waals surface area contributed by atoms with Crippen molar-refractivity contribution in [3.05, 3.63) is 0 Å². The third-order valence-electron chi connectivity index (χ3n) is 1.36. The first-order chi connectivity index (χ1) is 5.63. The fourth-order valence-electron chi connectivity index (χ4n) is 0.723. The number of rotatable bonds is 5. The van der Waals surface area contributed by atoms with E-state index in [0.29, 0.717) is 0 Å². The summed E-state index contributed by atoms with van der Waals surface area (Å²) in [6.07, 6.45) is -0.867. The van der Waals surface area contributed by atoms with E-state index >= 15 is 0 Å². The summed E-state index contributed by atoms with van der Waals surface area (Å²) in [5.74, 6) is 4.58. The monoisotopic (exact) mass is 177 g/mol. The molecular formula is C6H15N3O3. The fraction of sp³-hybridized carbons (Fsp3) is 0.833. The van der Waals surface area contributed by atoms with Gasteiger partial charge in [0.15, 0.2) is 0 Å². The topological polar surface area (TPSA) is 108 Å². The predicted molar refractivity (Wildman–Crippen MR) is 42.9 cm³/mol. The van der Waals surface area contributed by atoms with Crippen molar-refractivity contribution >= 4 is 5.91 Å². The van der Waals surface area contributed by atoms with Crippen LogP contribution in [-0.4, -0.2) is 41.4 Å². The smallest absolute Gasteiger partial charge is 0.241 e.